The lowest BCUT2D eigenvalue weighted by Crippen LogP contribution is -2.20. The molecule has 0 aliphatic carbocycles. The van der Waals surface area contributed by atoms with Crippen LogP contribution in [0, 0.1) is 23.0 Å². The van der Waals surface area contributed by atoms with Gasteiger partial charge in [-0.1, -0.05) is 30.3 Å². The SMILES string of the molecule is N#CC(C(=O)Nc1cc(Br)c(F)cc1F)c1ccccc1. The number of carbonyl (C=O) groups excluding carboxylic acids is 1. The summed E-state index contributed by atoms with van der Waals surface area (Å²) in [6, 6.07) is 12.0. The number of nitriles is 1. The van der Waals surface area contributed by atoms with E-state index in [1.807, 2.05) is 6.07 Å². The van der Waals surface area contributed by atoms with Crippen molar-refractivity contribution in [3.05, 3.63) is 64.1 Å². The molecule has 2 rings (SSSR count). The molecule has 0 bridgehead atoms. The number of nitrogens with zero attached hydrogens (tertiary/aromatic N) is 1. The van der Waals surface area contributed by atoms with E-state index in [0.29, 0.717) is 11.6 Å². The maximum absolute atomic E-state index is 13.6. The van der Waals surface area contributed by atoms with Crippen molar-refractivity contribution in [2.75, 3.05) is 5.32 Å². The summed E-state index contributed by atoms with van der Waals surface area (Å²) in [6.07, 6.45) is 0. The number of hydrogen-bond acceptors (Lipinski definition) is 2. The van der Waals surface area contributed by atoms with Gasteiger partial charge in [0, 0.05) is 6.07 Å². The first-order valence-corrected chi connectivity index (χ1v) is 6.72. The number of halogens is 3. The predicted octanol–water partition coefficient (Wildman–Crippen LogP) is 3.97. The maximum Gasteiger partial charge on any atom is 0.246 e. The molecule has 2 aromatic carbocycles. The van der Waals surface area contributed by atoms with Crippen LogP contribution in [0.3, 0.4) is 0 Å². The second-order valence-corrected chi connectivity index (χ2v) is 5.06. The lowest BCUT2D eigenvalue weighted by molar-refractivity contribution is -0.116. The molecule has 1 atom stereocenters. The van der Waals surface area contributed by atoms with Gasteiger partial charge in [0.2, 0.25) is 5.91 Å². The number of nitrogens with one attached hydrogen (secondary N) is 1. The Hall–Kier alpha value is -2.26. The van der Waals surface area contributed by atoms with Gasteiger partial charge in [0.15, 0.2) is 5.92 Å². The van der Waals surface area contributed by atoms with Gasteiger partial charge in [0.05, 0.1) is 16.2 Å². The first-order valence-electron chi connectivity index (χ1n) is 5.93. The minimum absolute atomic E-state index is 0.0208. The Kier molecular flexibility index (Phi) is 4.66. The molecule has 21 heavy (non-hydrogen) atoms. The molecule has 1 amide bonds. The number of amides is 1. The van der Waals surface area contributed by atoms with Crippen molar-refractivity contribution in [1.29, 1.82) is 5.26 Å². The van der Waals surface area contributed by atoms with Gasteiger partial charge in [-0.3, -0.25) is 4.79 Å². The average molecular weight is 351 g/mol. The van der Waals surface area contributed by atoms with E-state index < -0.39 is 23.5 Å². The largest absolute Gasteiger partial charge is 0.322 e. The van der Waals surface area contributed by atoms with Gasteiger partial charge < -0.3 is 5.32 Å². The Balaban J connectivity index is 2.25. The van der Waals surface area contributed by atoms with Gasteiger partial charge in [-0.05, 0) is 27.6 Å². The molecule has 0 heterocycles. The van der Waals surface area contributed by atoms with Gasteiger partial charge >= 0.3 is 0 Å². The lowest BCUT2D eigenvalue weighted by Gasteiger charge is -2.11. The minimum atomic E-state index is -1.07. The van der Waals surface area contributed by atoms with E-state index in [4.69, 9.17) is 5.26 Å². The first kappa shape index (κ1) is 15.1. The van der Waals surface area contributed by atoms with Gasteiger partial charge in [-0.25, -0.2) is 8.78 Å². The van der Waals surface area contributed by atoms with E-state index in [-0.39, 0.29) is 10.2 Å². The van der Waals surface area contributed by atoms with Crippen LogP contribution in [0.25, 0.3) is 0 Å². The zero-order valence-corrected chi connectivity index (χ0v) is 12.2. The fourth-order valence-corrected chi connectivity index (χ4v) is 2.10. The summed E-state index contributed by atoms with van der Waals surface area (Å²) in [5.74, 6) is -3.44. The lowest BCUT2D eigenvalue weighted by atomic mass is 10.00. The molecule has 0 saturated heterocycles. The van der Waals surface area contributed by atoms with Crippen LogP contribution in [0.1, 0.15) is 11.5 Å². The smallest absolute Gasteiger partial charge is 0.246 e. The Labute approximate surface area is 128 Å². The predicted molar refractivity (Wildman–Crippen MR) is 77.5 cm³/mol. The van der Waals surface area contributed by atoms with E-state index >= 15 is 0 Å². The quantitative estimate of drug-likeness (QED) is 0.851. The number of benzene rings is 2. The van der Waals surface area contributed by atoms with Crippen LogP contribution in [0.4, 0.5) is 14.5 Å². The third kappa shape index (κ3) is 3.44. The zero-order valence-electron chi connectivity index (χ0n) is 10.6. The summed E-state index contributed by atoms with van der Waals surface area (Å²) in [5, 5.41) is 11.4. The molecule has 6 heteroatoms. The number of carbonyl (C=O) groups is 1. The van der Waals surface area contributed by atoms with Crippen molar-refractivity contribution in [2.24, 2.45) is 0 Å². The van der Waals surface area contributed by atoms with E-state index in [2.05, 4.69) is 21.2 Å². The van der Waals surface area contributed by atoms with E-state index in [1.165, 1.54) is 0 Å². The molecule has 2 aromatic rings. The van der Waals surface area contributed by atoms with Crippen molar-refractivity contribution in [3.63, 3.8) is 0 Å². The van der Waals surface area contributed by atoms with Crippen LogP contribution in [0.5, 0.6) is 0 Å². The highest BCUT2D eigenvalue weighted by Crippen LogP contribution is 2.25. The molecule has 0 spiro atoms. The number of hydrogen-bond donors (Lipinski definition) is 1. The Morgan fingerprint density at radius 2 is 1.86 bits per heavy atom. The highest BCUT2D eigenvalue weighted by atomic mass is 79.9. The van der Waals surface area contributed by atoms with Gasteiger partial charge in [0.25, 0.3) is 0 Å². The average Bonchev–Trinajstić information content (AvgIpc) is 2.46. The van der Waals surface area contributed by atoms with Crippen molar-refractivity contribution >= 4 is 27.5 Å². The van der Waals surface area contributed by atoms with Crippen LogP contribution in [-0.2, 0) is 4.79 Å². The molecule has 0 fully saturated rings. The van der Waals surface area contributed by atoms with Gasteiger partial charge in [-0.2, -0.15) is 5.26 Å². The zero-order chi connectivity index (χ0) is 15.4. The number of rotatable bonds is 3. The molecule has 3 nitrogen and oxygen atoms in total. The van der Waals surface area contributed by atoms with E-state index in [0.717, 1.165) is 6.07 Å². The van der Waals surface area contributed by atoms with Crippen LogP contribution in [-0.4, -0.2) is 5.91 Å². The third-order valence-electron chi connectivity index (χ3n) is 2.79. The summed E-state index contributed by atoms with van der Waals surface area (Å²) in [6.45, 7) is 0. The number of anilines is 1. The molecule has 0 aliphatic heterocycles. The molecule has 106 valence electrons. The van der Waals surface area contributed by atoms with Crippen molar-refractivity contribution in [3.8, 4) is 6.07 Å². The van der Waals surface area contributed by atoms with Crippen LogP contribution < -0.4 is 5.32 Å². The molecule has 1 N–H and O–H groups in total. The van der Waals surface area contributed by atoms with E-state index in [1.54, 1.807) is 30.3 Å². The summed E-state index contributed by atoms with van der Waals surface area (Å²) < 4.78 is 26.8. The summed E-state index contributed by atoms with van der Waals surface area (Å²) in [5.41, 5.74) is 0.309. The Bertz CT molecular complexity index is 714. The van der Waals surface area contributed by atoms with Gasteiger partial charge in [0.1, 0.15) is 11.6 Å². The summed E-state index contributed by atoms with van der Waals surface area (Å²) in [7, 11) is 0. The highest BCUT2D eigenvalue weighted by molar-refractivity contribution is 9.10. The molecule has 0 aliphatic rings. The Morgan fingerprint density at radius 1 is 1.19 bits per heavy atom. The Morgan fingerprint density at radius 3 is 2.48 bits per heavy atom. The first-order chi connectivity index (χ1) is 10.0. The molecule has 0 radical (unpaired) electrons. The van der Waals surface area contributed by atoms with Crippen molar-refractivity contribution < 1.29 is 13.6 Å². The highest BCUT2D eigenvalue weighted by Gasteiger charge is 2.21. The van der Waals surface area contributed by atoms with Crippen LogP contribution in [0.15, 0.2) is 46.9 Å². The molecule has 0 aromatic heterocycles. The fourth-order valence-electron chi connectivity index (χ4n) is 1.75. The van der Waals surface area contributed by atoms with Gasteiger partial charge in [-0.15, -0.1) is 0 Å². The molecular formula is C15H9BrF2N2O. The topological polar surface area (TPSA) is 52.9 Å². The van der Waals surface area contributed by atoms with Crippen molar-refractivity contribution in [2.45, 2.75) is 5.92 Å². The second kappa shape index (κ2) is 6.46. The summed E-state index contributed by atoms with van der Waals surface area (Å²) >= 11 is 2.91. The maximum atomic E-state index is 13.6. The second-order valence-electron chi connectivity index (χ2n) is 4.21. The normalized spacial score (nSPS) is 11.5. The van der Waals surface area contributed by atoms with E-state index in [9.17, 15) is 13.6 Å². The van der Waals surface area contributed by atoms with Crippen molar-refractivity contribution in [1.82, 2.24) is 0 Å². The van der Waals surface area contributed by atoms with Crippen LogP contribution >= 0.6 is 15.9 Å². The fraction of sp³-hybridized carbons (Fsp3) is 0.0667. The standard InChI is InChI=1S/C15H9BrF2N2O/c16-11-6-14(13(18)7-12(11)17)20-15(21)10(8-19)9-4-2-1-3-5-9/h1-7,10H,(H,20,21). The summed E-state index contributed by atoms with van der Waals surface area (Å²) in [4.78, 5) is 12.1. The third-order valence-corrected chi connectivity index (χ3v) is 3.40. The van der Waals surface area contributed by atoms with Crippen LogP contribution in [0.2, 0.25) is 0 Å². The monoisotopic (exact) mass is 350 g/mol. The molecule has 0 saturated carbocycles. The minimum Gasteiger partial charge on any atom is -0.322 e. The molecule has 1 unspecified atom stereocenters. The molecular weight excluding hydrogens is 342 g/mol.